The van der Waals surface area contributed by atoms with Gasteiger partial charge in [-0.15, -0.1) is 0 Å². The largest absolute Gasteiger partial charge is 0.376 e. The van der Waals surface area contributed by atoms with Crippen molar-refractivity contribution in [2.24, 2.45) is 0 Å². The van der Waals surface area contributed by atoms with Gasteiger partial charge in [0, 0.05) is 11.4 Å². The summed E-state index contributed by atoms with van der Waals surface area (Å²) in [6.45, 7) is 8.40. The maximum absolute atomic E-state index is 12.0. The van der Waals surface area contributed by atoms with Crippen LogP contribution in [-0.4, -0.2) is 12.5 Å². The number of carbonyl (C=O) groups excluding carboxylic acids is 1. The molecule has 110 valence electrons. The van der Waals surface area contributed by atoms with Crippen LogP contribution in [0, 0.1) is 27.7 Å². The highest BCUT2D eigenvalue weighted by Gasteiger charge is 2.05. The topological polar surface area (TPSA) is 41.1 Å². The highest BCUT2D eigenvalue weighted by Crippen LogP contribution is 2.16. The van der Waals surface area contributed by atoms with Crippen LogP contribution in [0.1, 0.15) is 22.3 Å². The summed E-state index contributed by atoms with van der Waals surface area (Å²) in [6.07, 6.45) is 0. The zero-order chi connectivity index (χ0) is 15.4. The van der Waals surface area contributed by atoms with Gasteiger partial charge in [0.1, 0.15) is 0 Å². The molecule has 0 unspecified atom stereocenters. The molecule has 0 radical (unpaired) electrons. The van der Waals surface area contributed by atoms with Gasteiger partial charge in [0.15, 0.2) is 0 Å². The van der Waals surface area contributed by atoms with Crippen molar-refractivity contribution in [3.63, 3.8) is 0 Å². The highest BCUT2D eigenvalue weighted by atomic mass is 16.1. The van der Waals surface area contributed by atoms with Crippen LogP contribution in [0.5, 0.6) is 0 Å². The number of nitrogens with one attached hydrogen (secondary N) is 2. The molecule has 2 N–H and O–H groups in total. The Bertz CT molecular complexity index is 642. The van der Waals surface area contributed by atoms with Crippen molar-refractivity contribution < 1.29 is 4.79 Å². The summed E-state index contributed by atoms with van der Waals surface area (Å²) in [5.41, 5.74) is 6.49. The lowest BCUT2D eigenvalue weighted by molar-refractivity contribution is -0.114. The minimum Gasteiger partial charge on any atom is -0.376 e. The zero-order valence-corrected chi connectivity index (χ0v) is 13.1. The highest BCUT2D eigenvalue weighted by molar-refractivity contribution is 5.94. The normalized spacial score (nSPS) is 10.3. The van der Waals surface area contributed by atoms with Gasteiger partial charge in [-0.3, -0.25) is 4.79 Å². The fourth-order valence-corrected chi connectivity index (χ4v) is 2.41. The molecule has 0 aliphatic heterocycles. The Morgan fingerprint density at radius 3 is 2.19 bits per heavy atom. The predicted octanol–water partition coefficient (Wildman–Crippen LogP) is 3.97. The summed E-state index contributed by atoms with van der Waals surface area (Å²) in [4.78, 5) is 12.0. The second-order valence-electron chi connectivity index (χ2n) is 5.60. The molecule has 2 aromatic carbocycles. The van der Waals surface area contributed by atoms with E-state index in [0.717, 1.165) is 16.9 Å². The van der Waals surface area contributed by atoms with Gasteiger partial charge in [0.2, 0.25) is 5.91 Å². The van der Waals surface area contributed by atoms with E-state index < -0.39 is 0 Å². The lowest BCUT2D eigenvalue weighted by atomic mass is 10.1. The number of benzene rings is 2. The van der Waals surface area contributed by atoms with Crippen LogP contribution in [0.3, 0.4) is 0 Å². The first-order valence-electron chi connectivity index (χ1n) is 7.13. The summed E-state index contributed by atoms with van der Waals surface area (Å²) >= 11 is 0. The van der Waals surface area contributed by atoms with E-state index in [1.807, 2.05) is 52.0 Å². The minimum absolute atomic E-state index is 0.0406. The summed E-state index contributed by atoms with van der Waals surface area (Å²) in [7, 11) is 0. The quantitative estimate of drug-likeness (QED) is 0.891. The van der Waals surface area contributed by atoms with E-state index >= 15 is 0 Å². The van der Waals surface area contributed by atoms with Crippen LogP contribution >= 0.6 is 0 Å². The molecule has 21 heavy (non-hydrogen) atoms. The van der Waals surface area contributed by atoms with Gasteiger partial charge in [0.05, 0.1) is 6.54 Å². The number of anilines is 2. The van der Waals surface area contributed by atoms with Crippen molar-refractivity contribution >= 4 is 17.3 Å². The molecule has 2 rings (SSSR count). The Hall–Kier alpha value is -2.29. The van der Waals surface area contributed by atoms with Crippen molar-refractivity contribution in [2.45, 2.75) is 27.7 Å². The van der Waals surface area contributed by atoms with E-state index in [9.17, 15) is 4.79 Å². The first kappa shape index (κ1) is 15.1. The van der Waals surface area contributed by atoms with Crippen LogP contribution in [-0.2, 0) is 4.79 Å². The summed E-state index contributed by atoms with van der Waals surface area (Å²) in [5, 5.41) is 6.10. The van der Waals surface area contributed by atoms with E-state index in [1.54, 1.807) is 0 Å². The Kier molecular flexibility index (Phi) is 4.63. The van der Waals surface area contributed by atoms with Crippen molar-refractivity contribution in [1.29, 1.82) is 0 Å². The smallest absolute Gasteiger partial charge is 0.243 e. The molecule has 0 bridgehead atoms. The van der Waals surface area contributed by atoms with Gasteiger partial charge >= 0.3 is 0 Å². The van der Waals surface area contributed by atoms with Crippen molar-refractivity contribution in [1.82, 2.24) is 0 Å². The molecule has 0 heterocycles. The Balaban J connectivity index is 1.95. The number of hydrogen-bond acceptors (Lipinski definition) is 2. The number of carbonyl (C=O) groups is 1. The van der Waals surface area contributed by atoms with Gasteiger partial charge in [-0.2, -0.15) is 0 Å². The van der Waals surface area contributed by atoms with Crippen LogP contribution in [0.4, 0.5) is 11.4 Å². The molecule has 2 aromatic rings. The number of hydrogen-bond donors (Lipinski definition) is 2. The Labute approximate surface area is 126 Å². The second kappa shape index (κ2) is 6.44. The molecule has 0 atom stereocenters. The van der Waals surface area contributed by atoms with Gasteiger partial charge in [-0.05, 0) is 62.6 Å². The lowest BCUT2D eigenvalue weighted by Crippen LogP contribution is -2.22. The second-order valence-corrected chi connectivity index (χ2v) is 5.60. The van der Waals surface area contributed by atoms with Crippen LogP contribution in [0.25, 0.3) is 0 Å². The summed E-state index contributed by atoms with van der Waals surface area (Å²) in [6, 6.07) is 12.2. The van der Waals surface area contributed by atoms with Crippen molar-refractivity contribution in [3.05, 3.63) is 58.7 Å². The molecule has 0 fully saturated rings. The van der Waals surface area contributed by atoms with E-state index in [4.69, 9.17) is 0 Å². The molecule has 3 nitrogen and oxygen atoms in total. The van der Waals surface area contributed by atoms with Gasteiger partial charge in [0.25, 0.3) is 0 Å². The average molecular weight is 282 g/mol. The van der Waals surface area contributed by atoms with E-state index in [0.29, 0.717) is 0 Å². The third-order valence-electron chi connectivity index (χ3n) is 3.33. The Morgan fingerprint density at radius 2 is 1.57 bits per heavy atom. The standard InChI is InChI=1S/C18H22N2O/c1-12-5-6-17(15(4)8-12)20-18(21)11-19-16-9-13(2)7-14(3)10-16/h5-10,19H,11H2,1-4H3,(H,20,21). The van der Waals surface area contributed by atoms with Gasteiger partial charge in [-0.1, -0.05) is 23.8 Å². The SMILES string of the molecule is Cc1cc(C)cc(NCC(=O)Nc2ccc(C)cc2C)c1. The van der Waals surface area contributed by atoms with Gasteiger partial charge < -0.3 is 10.6 Å². The third-order valence-corrected chi connectivity index (χ3v) is 3.33. The molecule has 0 saturated carbocycles. The molecule has 0 aliphatic rings. The molecule has 0 saturated heterocycles. The molecule has 0 aliphatic carbocycles. The lowest BCUT2D eigenvalue weighted by Gasteiger charge is -2.11. The van der Waals surface area contributed by atoms with Crippen LogP contribution < -0.4 is 10.6 Å². The average Bonchev–Trinajstić information content (AvgIpc) is 2.39. The first-order valence-corrected chi connectivity index (χ1v) is 7.13. The number of amides is 1. The molecule has 0 aromatic heterocycles. The molecular weight excluding hydrogens is 260 g/mol. The number of aryl methyl sites for hydroxylation is 4. The van der Waals surface area contributed by atoms with E-state index in [2.05, 4.69) is 22.8 Å². The number of rotatable bonds is 4. The monoisotopic (exact) mass is 282 g/mol. The van der Waals surface area contributed by atoms with Gasteiger partial charge in [-0.25, -0.2) is 0 Å². The Morgan fingerprint density at radius 1 is 0.905 bits per heavy atom. The molecule has 1 amide bonds. The van der Waals surface area contributed by atoms with Crippen molar-refractivity contribution in [3.8, 4) is 0 Å². The van der Waals surface area contributed by atoms with E-state index in [-0.39, 0.29) is 12.5 Å². The zero-order valence-electron chi connectivity index (χ0n) is 13.1. The predicted molar refractivity (Wildman–Crippen MR) is 89.0 cm³/mol. The van der Waals surface area contributed by atoms with Crippen LogP contribution in [0.2, 0.25) is 0 Å². The minimum atomic E-state index is -0.0406. The fraction of sp³-hybridized carbons (Fsp3) is 0.278. The van der Waals surface area contributed by atoms with Crippen molar-refractivity contribution in [2.75, 3.05) is 17.2 Å². The molecular formula is C18H22N2O. The van der Waals surface area contributed by atoms with Crippen LogP contribution in [0.15, 0.2) is 36.4 Å². The maximum atomic E-state index is 12.0. The maximum Gasteiger partial charge on any atom is 0.243 e. The molecule has 3 heteroatoms. The fourth-order valence-electron chi connectivity index (χ4n) is 2.41. The molecule has 0 spiro atoms. The first-order chi connectivity index (χ1) is 9.94. The third kappa shape index (κ3) is 4.35. The summed E-state index contributed by atoms with van der Waals surface area (Å²) in [5.74, 6) is -0.0406. The summed E-state index contributed by atoms with van der Waals surface area (Å²) < 4.78 is 0. The van der Waals surface area contributed by atoms with E-state index in [1.165, 1.54) is 16.7 Å².